The summed E-state index contributed by atoms with van der Waals surface area (Å²) in [5.41, 5.74) is 3.58. The Morgan fingerprint density at radius 3 is 2.50 bits per heavy atom. The molecule has 0 bridgehead atoms. The quantitative estimate of drug-likeness (QED) is 0.887. The van der Waals surface area contributed by atoms with E-state index in [2.05, 4.69) is 24.4 Å². The van der Waals surface area contributed by atoms with E-state index in [0.29, 0.717) is 18.1 Å². The van der Waals surface area contributed by atoms with Gasteiger partial charge in [0.2, 0.25) is 0 Å². The first-order valence-electron chi connectivity index (χ1n) is 7.34. The second kappa shape index (κ2) is 7.85. The highest BCUT2D eigenvalue weighted by atomic mass is 35.5. The van der Waals surface area contributed by atoms with Crippen molar-refractivity contribution in [3.8, 4) is 0 Å². The highest BCUT2D eigenvalue weighted by molar-refractivity contribution is 6.30. The van der Waals surface area contributed by atoms with Crippen LogP contribution in [0.3, 0.4) is 0 Å². The monoisotopic (exact) mass is 316 g/mol. The van der Waals surface area contributed by atoms with Crippen molar-refractivity contribution in [3.05, 3.63) is 70.2 Å². The molecule has 22 heavy (non-hydrogen) atoms. The predicted octanol–water partition coefficient (Wildman–Crippen LogP) is 4.03. The van der Waals surface area contributed by atoms with Crippen LogP contribution in [0.25, 0.3) is 0 Å². The zero-order valence-corrected chi connectivity index (χ0v) is 13.7. The van der Waals surface area contributed by atoms with E-state index in [9.17, 15) is 4.79 Å². The van der Waals surface area contributed by atoms with Crippen molar-refractivity contribution in [2.75, 3.05) is 13.6 Å². The number of urea groups is 1. The zero-order chi connectivity index (χ0) is 15.9. The Hall–Kier alpha value is -2.00. The highest BCUT2D eigenvalue weighted by Gasteiger charge is 2.08. The molecule has 0 aliphatic carbocycles. The first-order valence-corrected chi connectivity index (χ1v) is 7.72. The molecule has 0 atom stereocenters. The van der Waals surface area contributed by atoms with Gasteiger partial charge in [0.05, 0.1) is 0 Å². The maximum Gasteiger partial charge on any atom is 0.317 e. The van der Waals surface area contributed by atoms with Gasteiger partial charge in [-0.3, -0.25) is 0 Å². The first-order chi connectivity index (χ1) is 10.6. The van der Waals surface area contributed by atoms with Crippen molar-refractivity contribution >= 4 is 17.6 Å². The average Bonchev–Trinajstić information content (AvgIpc) is 2.51. The van der Waals surface area contributed by atoms with Crippen molar-refractivity contribution in [3.63, 3.8) is 0 Å². The lowest BCUT2D eigenvalue weighted by molar-refractivity contribution is 0.207. The van der Waals surface area contributed by atoms with Crippen LogP contribution in [0.4, 0.5) is 4.79 Å². The third kappa shape index (κ3) is 4.78. The molecule has 0 unspecified atom stereocenters. The number of aryl methyl sites for hydroxylation is 1. The third-order valence-electron chi connectivity index (χ3n) is 3.61. The molecular formula is C18H21ClN2O. The fourth-order valence-corrected chi connectivity index (χ4v) is 2.39. The number of nitrogens with one attached hydrogen (secondary N) is 1. The maximum absolute atomic E-state index is 12.1. The van der Waals surface area contributed by atoms with Crippen LogP contribution in [0.1, 0.15) is 16.7 Å². The molecule has 0 aliphatic heterocycles. The molecule has 0 spiro atoms. The number of halogens is 1. The molecule has 0 saturated carbocycles. The number of rotatable bonds is 5. The van der Waals surface area contributed by atoms with Crippen molar-refractivity contribution in [2.45, 2.75) is 19.9 Å². The Labute approximate surface area is 136 Å². The molecule has 2 rings (SSSR count). The summed E-state index contributed by atoms with van der Waals surface area (Å²) in [5.74, 6) is 0. The smallest absolute Gasteiger partial charge is 0.317 e. The number of amides is 2. The molecule has 3 nitrogen and oxygen atoms in total. The summed E-state index contributed by atoms with van der Waals surface area (Å²) in [4.78, 5) is 13.7. The normalized spacial score (nSPS) is 10.3. The summed E-state index contributed by atoms with van der Waals surface area (Å²) in [6, 6.07) is 15.7. The minimum Gasteiger partial charge on any atom is -0.338 e. The largest absolute Gasteiger partial charge is 0.338 e. The lowest BCUT2D eigenvalue weighted by Crippen LogP contribution is -2.37. The van der Waals surface area contributed by atoms with E-state index in [4.69, 9.17) is 11.6 Å². The van der Waals surface area contributed by atoms with Gasteiger partial charge >= 0.3 is 6.03 Å². The number of hydrogen-bond donors (Lipinski definition) is 1. The first kappa shape index (κ1) is 16.4. The molecule has 2 aromatic rings. The van der Waals surface area contributed by atoms with Gasteiger partial charge in [0.1, 0.15) is 0 Å². The van der Waals surface area contributed by atoms with Crippen LogP contribution in [-0.2, 0) is 13.0 Å². The minimum atomic E-state index is -0.0662. The Morgan fingerprint density at radius 2 is 1.82 bits per heavy atom. The van der Waals surface area contributed by atoms with Crippen LogP contribution in [0.2, 0.25) is 5.02 Å². The van der Waals surface area contributed by atoms with Gasteiger partial charge in [-0.2, -0.15) is 0 Å². The van der Waals surface area contributed by atoms with Crippen molar-refractivity contribution < 1.29 is 4.79 Å². The van der Waals surface area contributed by atoms with Gasteiger partial charge in [0.25, 0.3) is 0 Å². The Kier molecular flexibility index (Phi) is 5.84. The van der Waals surface area contributed by atoms with Crippen LogP contribution in [0, 0.1) is 6.92 Å². The number of nitrogens with zero attached hydrogens (tertiary/aromatic N) is 1. The maximum atomic E-state index is 12.1. The van der Waals surface area contributed by atoms with Gasteiger partial charge in [-0.15, -0.1) is 0 Å². The van der Waals surface area contributed by atoms with Crippen LogP contribution in [0.5, 0.6) is 0 Å². The van der Waals surface area contributed by atoms with Crippen molar-refractivity contribution in [1.29, 1.82) is 0 Å². The van der Waals surface area contributed by atoms with E-state index in [1.807, 2.05) is 36.4 Å². The third-order valence-corrected chi connectivity index (χ3v) is 3.86. The summed E-state index contributed by atoms with van der Waals surface area (Å²) in [6.07, 6.45) is 0.840. The molecule has 0 aromatic heterocycles. The van der Waals surface area contributed by atoms with E-state index in [-0.39, 0.29) is 6.03 Å². The zero-order valence-electron chi connectivity index (χ0n) is 13.0. The second-order valence-electron chi connectivity index (χ2n) is 5.39. The molecule has 1 N–H and O–H groups in total. The minimum absolute atomic E-state index is 0.0662. The standard InChI is InChI=1S/C18H21ClN2O/c1-14-5-3-4-6-16(14)11-12-20-18(22)21(2)13-15-7-9-17(19)10-8-15/h3-10H,11-13H2,1-2H3,(H,20,22). The fourth-order valence-electron chi connectivity index (χ4n) is 2.27. The van der Waals surface area contributed by atoms with Gasteiger partial charge in [-0.1, -0.05) is 48.0 Å². The summed E-state index contributed by atoms with van der Waals surface area (Å²) in [5, 5.41) is 3.65. The molecule has 0 saturated heterocycles. The molecular weight excluding hydrogens is 296 g/mol. The molecule has 4 heteroatoms. The van der Waals surface area contributed by atoms with Gasteiger partial charge in [-0.05, 0) is 42.2 Å². The van der Waals surface area contributed by atoms with Gasteiger partial charge in [-0.25, -0.2) is 4.79 Å². The Balaban J connectivity index is 1.79. The molecule has 116 valence electrons. The molecule has 2 aromatic carbocycles. The predicted molar refractivity (Wildman–Crippen MR) is 91.2 cm³/mol. The van der Waals surface area contributed by atoms with E-state index in [0.717, 1.165) is 12.0 Å². The van der Waals surface area contributed by atoms with Gasteiger partial charge < -0.3 is 10.2 Å². The molecule has 0 radical (unpaired) electrons. The lowest BCUT2D eigenvalue weighted by Gasteiger charge is -2.18. The molecule has 2 amide bonds. The SMILES string of the molecule is Cc1ccccc1CCNC(=O)N(C)Cc1ccc(Cl)cc1. The van der Waals surface area contributed by atoms with Crippen LogP contribution in [0.15, 0.2) is 48.5 Å². The number of hydrogen-bond acceptors (Lipinski definition) is 1. The molecule has 0 aliphatic rings. The fraction of sp³-hybridized carbons (Fsp3) is 0.278. The Morgan fingerprint density at radius 1 is 1.14 bits per heavy atom. The molecule has 0 fully saturated rings. The summed E-state index contributed by atoms with van der Waals surface area (Å²) in [6.45, 7) is 3.28. The van der Waals surface area contributed by atoms with Crippen molar-refractivity contribution in [1.82, 2.24) is 10.2 Å². The molecule has 0 heterocycles. The average molecular weight is 317 g/mol. The van der Waals surface area contributed by atoms with Crippen LogP contribution < -0.4 is 5.32 Å². The van der Waals surface area contributed by atoms with E-state index < -0.39 is 0 Å². The Bertz CT molecular complexity index is 625. The highest BCUT2D eigenvalue weighted by Crippen LogP contribution is 2.11. The van der Waals surface area contributed by atoms with Crippen molar-refractivity contribution in [2.24, 2.45) is 0 Å². The van der Waals surface area contributed by atoms with Gasteiger partial charge in [0.15, 0.2) is 0 Å². The van der Waals surface area contributed by atoms with Crippen LogP contribution in [-0.4, -0.2) is 24.5 Å². The summed E-state index contributed by atoms with van der Waals surface area (Å²) >= 11 is 5.86. The van der Waals surface area contributed by atoms with Crippen LogP contribution >= 0.6 is 11.6 Å². The van der Waals surface area contributed by atoms with E-state index >= 15 is 0 Å². The number of benzene rings is 2. The second-order valence-corrected chi connectivity index (χ2v) is 5.83. The topological polar surface area (TPSA) is 32.3 Å². The summed E-state index contributed by atoms with van der Waals surface area (Å²) < 4.78 is 0. The van der Waals surface area contributed by atoms with Gasteiger partial charge in [0, 0.05) is 25.2 Å². The van der Waals surface area contributed by atoms with E-state index in [1.54, 1.807) is 11.9 Å². The summed E-state index contributed by atoms with van der Waals surface area (Å²) in [7, 11) is 1.79. The lowest BCUT2D eigenvalue weighted by atomic mass is 10.1. The number of carbonyl (C=O) groups excluding carboxylic acids is 1. The number of carbonyl (C=O) groups is 1. The van der Waals surface area contributed by atoms with E-state index in [1.165, 1.54) is 11.1 Å².